The average Bonchev–Trinajstić information content (AvgIpc) is 2.72. The van der Waals surface area contributed by atoms with E-state index in [4.69, 9.17) is 15.3 Å². The van der Waals surface area contributed by atoms with Crippen molar-refractivity contribution in [3.05, 3.63) is 0 Å². The first kappa shape index (κ1) is 27.7. The van der Waals surface area contributed by atoms with Gasteiger partial charge in [0.15, 0.2) is 12.4 Å². The molecule has 0 amide bonds. The highest BCUT2D eigenvalue weighted by molar-refractivity contribution is 5.72. The molecule has 0 aromatic carbocycles. The maximum absolute atomic E-state index is 10.5. The van der Waals surface area contributed by atoms with Crippen molar-refractivity contribution in [1.29, 1.82) is 0 Å². The summed E-state index contributed by atoms with van der Waals surface area (Å²) >= 11 is 0. The molecule has 0 aliphatic rings. The summed E-state index contributed by atoms with van der Waals surface area (Å²) in [4.78, 5) is 20.9. The predicted octanol–water partition coefficient (Wildman–Crippen LogP) is -8.40. The van der Waals surface area contributed by atoms with Crippen molar-refractivity contribution >= 4 is 12.3 Å². The third-order valence-corrected chi connectivity index (χ3v) is 4.22. The molecule has 29 heavy (non-hydrogen) atoms. The molecule has 15 heteroatoms. The zero-order chi connectivity index (χ0) is 23.2. The largest absolute Gasteiger partial charge is 0.479 e. The van der Waals surface area contributed by atoms with Crippen LogP contribution in [0.4, 0.5) is 0 Å². The smallest absolute Gasteiger partial charge is 0.335 e. The van der Waals surface area contributed by atoms with E-state index in [1.807, 2.05) is 0 Å². The zero-order valence-electron chi connectivity index (χ0n) is 14.6. The second-order valence-electron chi connectivity index (χ2n) is 6.32. The number of aliphatic carboxylic acids is 1. The highest BCUT2D eigenvalue weighted by atomic mass is 16.4. The Morgan fingerprint density at radius 3 is 0.966 bits per heavy atom. The minimum Gasteiger partial charge on any atom is -0.479 e. The molecule has 0 aliphatic carbocycles. The molecule has 15 nitrogen and oxygen atoms in total. The molecule has 0 radical (unpaired) electrons. The predicted molar refractivity (Wildman–Crippen MR) is 85.8 cm³/mol. The molecular formula is C14H26O15. The van der Waals surface area contributed by atoms with Crippen LogP contribution < -0.4 is 0 Å². The first-order valence-corrected chi connectivity index (χ1v) is 8.05. The van der Waals surface area contributed by atoms with E-state index in [0.717, 1.165) is 0 Å². The van der Waals surface area contributed by atoms with Gasteiger partial charge < -0.3 is 71.2 Å². The van der Waals surface area contributed by atoms with Crippen molar-refractivity contribution in [3.63, 3.8) is 0 Å². The maximum atomic E-state index is 10.5. The third kappa shape index (κ3) is 6.85. The number of aldehydes is 1. The Labute approximate surface area is 162 Å². The second-order valence-corrected chi connectivity index (χ2v) is 6.32. The van der Waals surface area contributed by atoms with Crippen LogP contribution in [0.5, 0.6) is 0 Å². The fourth-order valence-electron chi connectivity index (χ4n) is 2.23. The van der Waals surface area contributed by atoms with E-state index in [1.165, 1.54) is 0 Å². The Morgan fingerprint density at radius 2 is 0.724 bits per heavy atom. The Kier molecular flexibility index (Phi) is 11.2. The summed E-state index contributed by atoms with van der Waals surface area (Å²) < 4.78 is 0. The Morgan fingerprint density at radius 1 is 0.483 bits per heavy atom. The van der Waals surface area contributed by atoms with Crippen LogP contribution in [-0.4, -0.2) is 152 Å². The zero-order valence-corrected chi connectivity index (χ0v) is 14.6. The van der Waals surface area contributed by atoms with Gasteiger partial charge in [-0.3, -0.25) is 0 Å². The van der Waals surface area contributed by atoms with Gasteiger partial charge in [-0.1, -0.05) is 0 Å². The molecule has 0 saturated carbocycles. The van der Waals surface area contributed by atoms with E-state index >= 15 is 0 Å². The first-order valence-electron chi connectivity index (χ1n) is 8.05. The monoisotopic (exact) mass is 434 g/mol. The summed E-state index contributed by atoms with van der Waals surface area (Å²) in [6, 6.07) is 0. The van der Waals surface area contributed by atoms with Crippen molar-refractivity contribution in [2.45, 2.75) is 73.2 Å². The van der Waals surface area contributed by atoms with Gasteiger partial charge in [0, 0.05) is 0 Å². The standard InChI is InChI=1S/C14H26O15/c15-1-2(16)3(17)4(18)5(19)6(20)7(21)8(22)9(23)10(24)11(25)12(26)13(27)14(28)29/h1-13,16-27H,(H,28,29)/t2-,3+,4-,5-,6+,7+,8-,9-,10-,11+,12-,13-/m0/s1. The molecule has 12 atom stereocenters. The van der Waals surface area contributed by atoms with E-state index in [-0.39, 0.29) is 6.29 Å². The molecule has 0 bridgehead atoms. The number of rotatable bonds is 13. The Balaban J connectivity index is 5.17. The first-order chi connectivity index (χ1) is 13.2. The fourth-order valence-corrected chi connectivity index (χ4v) is 2.23. The van der Waals surface area contributed by atoms with E-state index in [1.54, 1.807) is 0 Å². The summed E-state index contributed by atoms with van der Waals surface area (Å²) in [6.07, 6.45) is -30.2. The number of hydrogen-bond donors (Lipinski definition) is 13. The van der Waals surface area contributed by atoms with E-state index in [0.29, 0.717) is 0 Å². The van der Waals surface area contributed by atoms with Crippen molar-refractivity contribution < 1.29 is 76.0 Å². The van der Waals surface area contributed by atoms with Crippen LogP contribution in [0.2, 0.25) is 0 Å². The average molecular weight is 434 g/mol. The van der Waals surface area contributed by atoms with E-state index in [9.17, 15) is 60.7 Å². The molecule has 0 saturated heterocycles. The summed E-state index contributed by atoms with van der Waals surface area (Å²) in [7, 11) is 0. The summed E-state index contributed by atoms with van der Waals surface area (Å²) in [5.74, 6) is -2.00. The quantitative estimate of drug-likeness (QED) is 0.120. The van der Waals surface area contributed by atoms with Crippen molar-refractivity contribution in [3.8, 4) is 0 Å². The second kappa shape index (κ2) is 11.7. The van der Waals surface area contributed by atoms with Crippen LogP contribution in [0.25, 0.3) is 0 Å². The van der Waals surface area contributed by atoms with Gasteiger partial charge in [0.1, 0.15) is 67.1 Å². The number of carbonyl (C=O) groups is 2. The van der Waals surface area contributed by atoms with Gasteiger partial charge in [-0.05, 0) is 0 Å². The van der Waals surface area contributed by atoms with Crippen LogP contribution in [-0.2, 0) is 9.59 Å². The summed E-state index contributed by atoms with van der Waals surface area (Å²) in [5, 5.41) is 123. The lowest BCUT2D eigenvalue weighted by molar-refractivity contribution is -0.200. The normalized spacial score (nSPS) is 24.7. The molecular weight excluding hydrogens is 408 g/mol. The minimum absolute atomic E-state index is 0.212. The van der Waals surface area contributed by atoms with Gasteiger partial charge >= 0.3 is 5.97 Å². The topological polar surface area (TPSA) is 297 Å². The lowest BCUT2D eigenvalue weighted by Crippen LogP contribution is -2.59. The maximum Gasteiger partial charge on any atom is 0.335 e. The van der Waals surface area contributed by atoms with Crippen molar-refractivity contribution in [1.82, 2.24) is 0 Å². The molecule has 0 heterocycles. The van der Waals surface area contributed by atoms with Gasteiger partial charge in [0.05, 0.1) is 0 Å². The Hall–Kier alpha value is -1.34. The molecule has 0 spiro atoms. The summed E-state index contributed by atoms with van der Waals surface area (Å²) in [5.41, 5.74) is 0. The molecule has 0 aromatic rings. The fraction of sp³-hybridized carbons (Fsp3) is 0.857. The van der Waals surface area contributed by atoms with Crippen LogP contribution in [0.15, 0.2) is 0 Å². The SMILES string of the molecule is O=C[C@H](O)[C@@H](O)[C@H](O)[C@H](O)[C@@H](O)[C@@H](O)[C@H](O)[C@H](O)[C@H](O)[C@@H](O)[C@H](O)[C@H](O)C(=O)O. The lowest BCUT2D eigenvalue weighted by Gasteiger charge is -2.35. The highest BCUT2D eigenvalue weighted by Crippen LogP contribution is 2.18. The lowest BCUT2D eigenvalue weighted by atomic mass is 9.89. The van der Waals surface area contributed by atoms with Crippen LogP contribution in [0.3, 0.4) is 0 Å². The van der Waals surface area contributed by atoms with Crippen molar-refractivity contribution in [2.24, 2.45) is 0 Å². The van der Waals surface area contributed by atoms with Crippen molar-refractivity contribution in [2.75, 3.05) is 0 Å². The van der Waals surface area contributed by atoms with Gasteiger partial charge in [0.25, 0.3) is 0 Å². The molecule has 0 rings (SSSR count). The van der Waals surface area contributed by atoms with Gasteiger partial charge in [0.2, 0.25) is 0 Å². The molecule has 0 unspecified atom stereocenters. The number of hydrogen-bond acceptors (Lipinski definition) is 14. The minimum atomic E-state index is -2.60. The van der Waals surface area contributed by atoms with Crippen LogP contribution in [0, 0.1) is 0 Å². The molecule has 0 fully saturated rings. The number of aliphatic hydroxyl groups excluding tert-OH is 12. The van der Waals surface area contributed by atoms with Crippen LogP contribution in [0.1, 0.15) is 0 Å². The number of carbonyl (C=O) groups excluding carboxylic acids is 1. The molecule has 172 valence electrons. The highest BCUT2D eigenvalue weighted by Gasteiger charge is 2.45. The molecule has 0 aromatic heterocycles. The van der Waals surface area contributed by atoms with E-state index in [2.05, 4.69) is 0 Å². The Bertz CT molecular complexity index is 517. The van der Waals surface area contributed by atoms with E-state index < -0.39 is 79.2 Å². The number of carboxylic acids is 1. The van der Waals surface area contributed by atoms with Crippen LogP contribution >= 0.6 is 0 Å². The number of aliphatic hydroxyl groups is 12. The van der Waals surface area contributed by atoms with Gasteiger partial charge in [-0.2, -0.15) is 0 Å². The molecule has 13 N–H and O–H groups in total. The number of carboxylic acid groups (broad SMARTS) is 1. The summed E-state index contributed by atoms with van der Waals surface area (Å²) in [6.45, 7) is 0. The third-order valence-electron chi connectivity index (χ3n) is 4.22. The van der Waals surface area contributed by atoms with Gasteiger partial charge in [-0.25, -0.2) is 4.79 Å². The van der Waals surface area contributed by atoms with Gasteiger partial charge in [-0.15, -0.1) is 0 Å². The molecule has 0 aliphatic heterocycles.